The molecule has 1 aromatic carbocycles. The average molecular weight is 347 g/mol. The van der Waals surface area contributed by atoms with E-state index < -0.39 is 0 Å². The zero-order chi connectivity index (χ0) is 15.0. The fourth-order valence-electron chi connectivity index (χ4n) is 2.14. The molecule has 0 N–H and O–H groups in total. The minimum absolute atomic E-state index is 0.102. The number of aromatic nitrogens is 2. The number of benzene rings is 1. The summed E-state index contributed by atoms with van der Waals surface area (Å²) in [5.41, 5.74) is 1.35. The van der Waals surface area contributed by atoms with Crippen LogP contribution in [-0.2, 0) is 5.41 Å². The molecule has 1 fully saturated rings. The fourth-order valence-corrected chi connectivity index (χ4v) is 2.51. The molecule has 110 valence electrons. The van der Waals surface area contributed by atoms with Crippen LogP contribution in [-0.4, -0.2) is 9.97 Å². The van der Waals surface area contributed by atoms with Gasteiger partial charge in [0.2, 0.25) is 5.88 Å². The summed E-state index contributed by atoms with van der Waals surface area (Å²) in [6.07, 6.45) is 2.35. The topological polar surface area (TPSA) is 35.0 Å². The van der Waals surface area contributed by atoms with Crippen LogP contribution in [0.5, 0.6) is 11.6 Å². The van der Waals surface area contributed by atoms with Gasteiger partial charge in [0, 0.05) is 12.0 Å². The minimum atomic E-state index is 0.102. The summed E-state index contributed by atoms with van der Waals surface area (Å²) in [5, 5.41) is 0. The van der Waals surface area contributed by atoms with Gasteiger partial charge in [-0.3, -0.25) is 0 Å². The normalized spacial score (nSPS) is 15.0. The van der Waals surface area contributed by atoms with Crippen molar-refractivity contribution >= 4 is 15.9 Å². The van der Waals surface area contributed by atoms with Gasteiger partial charge in [-0.05, 0) is 51.9 Å². The molecule has 1 saturated carbocycles. The standard InChI is InChI=1S/C17H19BrN2O/c1-17(2,3)12-5-4-6-13(9-12)21-15-10-14(18)19-16(20-15)11-7-8-11/h4-6,9-11H,7-8H2,1-3H3. The summed E-state index contributed by atoms with van der Waals surface area (Å²) in [6.45, 7) is 6.58. The second-order valence-electron chi connectivity index (χ2n) is 6.54. The van der Waals surface area contributed by atoms with Crippen molar-refractivity contribution in [1.29, 1.82) is 0 Å². The highest BCUT2D eigenvalue weighted by atomic mass is 79.9. The molecular formula is C17H19BrN2O. The van der Waals surface area contributed by atoms with Crippen LogP contribution in [0.3, 0.4) is 0 Å². The van der Waals surface area contributed by atoms with Crippen LogP contribution >= 0.6 is 15.9 Å². The summed E-state index contributed by atoms with van der Waals surface area (Å²) in [5.74, 6) is 2.80. The number of hydrogen-bond acceptors (Lipinski definition) is 3. The van der Waals surface area contributed by atoms with Crippen LogP contribution in [0.4, 0.5) is 0 Å². The van der Waals surface area contributed by atoms with E-state index in [1.807, 2.05) is 18.2 Å². The van der Waals surface area contributed by atoms with E-state index in [9.17, 15) is 0 Å². The molecule has 3 rings (SSSR count). The van der Waals surface area contributed by atoms with Crippen LogP contribution in [0, 0.1) is 0 Å². The summed E-state index contributed by atoms with van der Waals surface area (Å²) in [7, 11) is 0. The van der Waals surface area contributed by atoms with Crippen LogP contribution in [0.2, 0.25) is 0 Å². The third-order valence-electron chi connectivity index (χ3n) is 3.55. The first-order chi connectivity index (χ1) is 9.91. The van der Waals surface area contributed by atoms with Gasteiger partial charge in [0.1, 0.15) is 16.2 Å². The van der Waals surface area contributed by atoms with Crippen molar-refractivity contribution < 1.29 is 4.74 Å². The largest absolute Gasteiger partial charge is 0.439 e. The highest BCUT2D eigenvalue weighted by Gasteiger charge is 2.27. The Balaban J connectivity index is 1.86. The molecule has 0 radical (unpaired) electrons. The van der Waals surface area contributed by atoms with E-state index in [1.54, 1.807) is 0 Å². The van der Waals surface area contributed by atoms with Crippen LogP contribution in [0.15, 0.2) is 34.9 Å². The lowest BCUT2D eigenvalue weighted by Gasteiger charge is -2.19. The molecule has 0 spiro atoms. The zero-order valence-electron chi connectivity index (χ0n) is 12.6. The minimum Gasteiger partial charge on any atom is -0.439 e. The highest BCUT2D eigenvalue weighted by molar-refractivity contribution is 9.10. The van der Waals surface area contributed by atoms with Crippen molar-refractivity contribution in [1.82, 2.24) is 9.97 Å². The SMILES string of the molecule is CC(C)(C)c1cccc(Oc2cc(Br)nc(C3CC3)n2)c1. The van der Waals surface area contributed by atoms with E-state index in [0.717, 1.165) is 16.2 Å². The Labute approximate surface area is 133 Å². The Bertz CT molecular complexity index is 660. The molecule has 4 heteroatoms. The number of halogens is 1. The Kier molecular flexibility index (Phi) is 3.74. The first-order valence-electron chi connectivity index (χ1n) is 7.25. The van der Waals surface area contributed by atoms with Crippen molar-refractivity contribution in [3.63, 3.8) is 0 Å². The van der Waals surface area contributed by atoms with Crippen molar-refractivity contribution in [2.24, 2.45) is 0 Å². The lowest BCUT2D eigenvalue weighted by molar-refractivity contribution is 0.455. The van der Waals surface area contributed by atoms with Crippen LogP contribution in [0.1, 0.15) is 50.9 Å². The molecule has 21 heavy (non-hydrogen) atoms. The highest BCUT2D eigenvalue weighted by Crippen LogP contribution is 2.39. The van der Waals surface area contributed by atoms with Crippen molar-refractivity contribution in [2.75, 3.05) is 0 Å². The molecular weight excluding hydrogens is 328 g/mol. The second kappa shape index (κ2) is 5.41. The molecule has 0 amide bonds. The molecule has 0 bridgehead atoms. The molecule has 1 heterocycles. The van der Waals surface area contributed by atoms with Gasteiger partial charge in [-0.2, -0.15) is 4.98 Å². The summed E-state index contributed by atoms with van der Waals surface area (Å²) in [4.78, 5) is 8.94. The molecule has 3 nitrogen and oxygen atoms in total. The first kappa shape index (κ1) is 14.5. The molecule has 0 saturated heterocycles. The predicted octanol–water partition coefficient (Wildman–Crippen LogP) is 5.21. The quantitative estimate of drug-likeness (QED) is 0.715. The first-order valence-corrected chi connectivity index (χ1v) is 8.04. The molecule has 0 unspecified atom stereocenters. The van der Waals surface area contributed by atoms with Gasteiger partial charge in [-0.25, -0.2) is 4.98 Å². The maximum Gasteiger partial charge on any atom is 0.223 e. The second-order valence-corrected chi connectivity index (χ2v) is 7.35. The molecule has 1 aromatic heterocycles. The Hall–Kier alpha value is -1.42. The molecule has 2 aromatic rings. The van der Waals surface area contributed by atoms with Crippen molar-refractivity contribution in [3.8, 4) is 11.6 Å². The molecule has 1 aliphatic rings. The number of rotatable bonds is 3. The van der Waals surface area contributed by atoms with Crippen molar-refractivity contribution in [2.45, 2.75) is 44.9 Å². The smallest absolute Gasteiger partial charge is 0.223 e. The predicted molar refractivity (Wildman–Crippen MR) is 86.9 cm³/mol. The zero-order valence-corrected chi connectivity index (χ0v) is 14.1. The van der Waals surface area contributed by atoms with Gasteiger partial charge >= 0.3 is 0 Å². The summed E-state index contributed by atoms with van der Waals surface area (Å²) >= 11 is 3.44. The fraction of sp³-hybridized carbons (Fsp3) is 0.412. The van der Waals surface area contributed by atoms with Gasteiger partial charge in [-0.15, -0.1) is 0 Å². The van der Waals surface area contributed by atoms with Gasteiger partial charge in [-0.1, -0.05) is 32.9 Å². The number of nitrogens with zero attached hydrogens (tertiary/aromatic N) is 2. The van der Waals surface area contributed by atoms with Gasteiger partial charge in [0.25, 0.3) is 0 Å². The maximum absolute atomic E-state index is 5.93. The van der Waals surface area contributed by atoms with Crippen molar-refractivity contribution in [3.05, 3.63) is 46.3 Å². The number of ether oxygens (including phenoxy) is 1. The lowest BCUT2D eigenvalue weighted by atomic mass is 9.87. The van der Waals surface area contributed by atoms with Gasteiger partial charge in [0.15, 0.2) is 0 Å². The molecule has 0 aliphatic heterocycles. The Morgan fingerprint density at radius 2 is 1.90 bits per heavy atom. The maximum atomic E-state index is 5.93. The van der Waals surface area contributed by atoms with E-state index in [4.69, 9.17) is 4.74 Å². The van der Waals surface area contributed by atoms with E-state index >= 15 is 0 Å². The van der Waals surface area contributed by atoms with E-state index in [2.05, 4.69) is 58.8 Å². The van der Waals surface area contributed by atoms with Crippen LogP contribution in [0.25, 0.3) is 0 Å². The Morgan fingerprint density at radius 3 is 2.57 bits per heavy atom. The summed E-state index contributed by atoms with van der Waals surface area (Å²) < 4.78 is 6.71. The third-order valence-corrected chi connectivity index (χ3v) is 3.96. The Morgan fingerprint density at radius 1 is 1.14 bits per heavy atom. The van der Waals surface area contributed by atoms with E-state index in [0.29, 0.717) is 11.8 Å². The monoisotopic (exact) mass is 346 g/mol. The van der Waals surface area contributed by atoms with Gasteiger partial charge in [0.05, 0.1) is 0 Å². The van der Waals surface area contributed by atoms with Crippen LogP contribution < -0.4 is 4.74 Å². The molecule has 1 aliphatic carbocycles. The van der Waals surface area contributed by atoms with E-state index in [-0.39, 0.29) is 5.41 Å². The lowest BCUT2D eigenvalue weighted by Crippen LogP contribution is -2.10. The average Bonchev–Trinajstić information content (AvgIpc) is 3.21. The number of hydrogen-bond donors (Lipinski definition) is 0. The third kappa shape index (κ3) is 3.62. The van der Waals surface area contributed by atoms with E-state index in [1.165, 1.54) is 18.4 Å². The molecule has 0 atom stereocenters. The van der Waals surface area contributed by atoms with Gasteiger partial charge < -0.3 is 4.74 Å². The summed E-state index contributed by atoms with van der Waals surface area (Å²) in [6, 6.07) is 10.00.